The van der Waals surface area contributed by atoms with Gasteiger partial charge >= 0.3 is 0 Å². The number of nitrogens with zero attached hydrogens (tertiary/aromatic N) is 1. The minimum atomic E-state index is 0.417. The lowest BCUT2D eigenvalue weighted by molar-refractivity contribution is 0.113. The molecule has 2 nitrogen and oxygen atoms in total. The normalized spacial score (nSPS) is 32.1. The van der Waals surface area contributed by atoms with Gasteiger partial charge in [-0.2, -0.15) is 0 Å². The SMILES string of the molecule is Cc1ccc2c(c1)NCC[C@]21CCN(C)C[C@H]1C. The molecule has 18 heavy (non-hydrogen) atoms. The molecule has 1 spiro atoms. The molecular weight excluding hydrogens is 220 g/mol. The molecule has 1 fully saturated rings. The van der Waals surface area contributed by atoms with Gasteiger partial charge in [-0.15, -0.1) is 0 Å². The summed E-state index contributed by atoms with van der Waals surface area (Å²) in [6.07, 6.45) is 2.60. The highest BCUT2D eigenvalue weighted by atomic mass is 15.1. The molecule has 2 heterocycles. The Bertz CT molecular complexity index is 454. The van der Waals surface area contributed by atoms with Crippen LogP contribution in [0.1, 0.15) is 30.9 Å². The van der Waals surface area contributed by atoms with Crippen LogP contribution in [0.2, 0.25) is 0 Å². The van der Waals surface area contributed by atoms with E-state index >= 15 is 0 Å². The minimum Gasteiger partial charge on any atom is -0.385 e. The number of likely N-dealkylation sites (tertiary alicyclic amines) is 1. The lowest BCUT2D eigenvalue weighted by Gasteiger charge is -2.49. The Morgan fingerprint density at radius 3 is 2.94 bits per heavy atom. The topological polar surface area (TPSA) is 15.3 Å². The summed E-state index contributed by atoms with van der Waals surface area (Å²) in [7, 11) is 2.25. The molecule has 3 rings (SSSR count). The van der Waals surface area contributed by atoms with Crippen LogP contribution < -0.4 is 5.32 Å². The van der Waals surface area contributed by atoms with Gasteiger partial charge in [0.1, 0.15) is 0 Å². The van der Waals surface area contributed by atoms with Gasteiger partial charge < -0.3 is 10.2 Å². The molecule has 0 radical (unpaired) electrons. The number of anilines is 1. The molecule has 1 aromatic rings. The first-order valence-corrected chi connectivity index (χ1v) is 7.15. The summed E-state index contributed by atoms with van der Waals surface area (Å²) in [6.45, 7) is 8.21. The number of aryl methyl sites for hydroxylation is 1. The lowest BCUT2D eigenvalue weighted by Crippen LogP contribution is -2.50. The Kier molecular flexibility index (Phi) is 2.86. The summed E-state index contributed by atoms with van der Waals surface area (Å²) in [5.74, 6) is 0.750. The van der Waals surface area contributed by atoms with Gasteiger partial charge in [-0.05, 0) is 56.5 Å². The van der Waals surface area contributed by atoms with Gasteiger partial charge in [0.25, 0.3) is 0 Å². The van der Waals surface area contributed by atoms with Crippen LogP contribution in [0.25, 0.3) is 0 Å². The van der Waals surface area contributed by atoms with E-state index in [-0.39, 0.29) is 0 Å². The van der Waals surface area contributed by atoms with E-state index in [0.717, 1.165) is 12.5 Å². The molecule has 2 aliphatic rings. The number of benzene rings is 1. The van der Waals surface area contributed by atoms with Crippen molar-refractivity contribution >= 4 is 5.69 Å². The average molecular weight is 244 g/mol. The fourth-order valence-electron chi connectivity index (χ4n) is 3.94. The van der Waals surface area contributed by atoms with Crippen LogP contribution in [0.4, 0.5) is 5.69 Å². The predicted molar refractivity (Wildman–Crippen MR) is 77.2 cm³/mol. The zero-order valence-corrected chi connectivity index (χ0v) is 11.8. The molecule has 0 aromatic heterocycles. The molecule has 0 bridgehead atoms. The van der Waals surface area contributed by atoms with Gasteiger partial charge in [-0.3, -0.25) is 0 Å². The maximum Gasteiger partial charge on any atom is 0.0381 e. The van der Waals surface area contributed by atoms with E-state index in [1.165, 1.54) is 37.2 Å². The Labute approximate surface area is 110 Å². The van der Waals surface area contributed by atoms with Crippen LogP contribution >= 0.6 is 0 Å². The third-order valence-corrected chi connectivity index (χ3v) is 5.07. The zero-order chi connectivity index (χ0) is 12.8. The second kappa shape index (κ2) is 4.27. The molecule has 1 saturated heterocycles. The molecule has 1 N–H and O–H groups in total. The fraction of sp³-hybridized carbons (Fsp3) is 0.625. The summed E-state index contributed by atoms with van der Waals surface area (Å²) in [5.41, 5.74) is 4.73. The van der Waals surface area contributed by atoms with Crippen molar-refractivity contribution in [1.29, 1.82) is 0 Å². The van der Waals surface area contributed by atoms with Gasteiger partial charge in [-0.25, -0.2) is 0 Å². The van der Waals surface area contributed by atoms with E-state index in [4.69, 9.17) is 0 Å². The maximum absolute atomic E-state index is 3.59. The van der Waals surface area contributed by atoms with E-state index in [2.05, 4.69) is 49.3 Å². The van der Waals surface area contributed by atoms with Gasteiger partial charge in [0.2, 0.25) is 0 Å². The molecule has 2 atom stereocenters. The van der Waals surface area contributed by atoms with Gasteiger partial charge in [0.15, 0.2) is 0 Å². The number of rotatable bonds is 0. The van der Waals surface area contributed by atoms with Crippen LogP contribution in [0.5, 0.6) is 0 Å². The summed E-state index contributed by atoms with van der Waals surface area (Å²) in [5, 5.41) is 3.59. The number of hydrogen-bond donors (Lipinski definition) is 1. The standard InChI is InChI=1S/C16H24N2/c1-12-4-5-14-15(10-12)17-8-6-16(14)7-9-18(3)11-13(16)2/h4-5,10,13,17H,6-9,11H2,1-3H3/t13-,16-/m1/s1. The fourth-order valence-corrected chi connectivity index (χ4v) is 3.94. The van der Waals surface area contributed by atoms with Crippen molar-refractivity contribution in [3.63, 3.8) is 0 Å². The van der Waals surface area contributed by atoms with Crippen molar-refractivity contribution in [3.05, 3.63) is 29.3 Å². The first kappa shape index (κ1) is 12.0. The number of fused-ring (bicyclic) bond motifs is 2. The Hall–Kier alpha value is -1.02. The summed E-state index contributed by atoms with van der Waals surface area (Å²) < 4.78 is 0. The van der Waals surface area contributed by atoms with Gasteiger partial charge in [-0.1, -0.05) is 19.1 Å². The molecule has 0 aliphatic carbocycles. The molecule has 2 aliphatic heterocycles. The smallest absolute Gasteiger partial charge is 0.0381 e. The summed E-state index contributed by atoms with van der Waals surface area (Å²) in [4.78, 5) is 2.48. The second-order valence-corrected chi connectivity index (χ2v) is 6.30. The van der Waals surface area contributed by atoms with Crippen molar-refractivity contribution in [2.45, 2.75) is 32.1 Å². The van der Waals surface area contributed by atoms with Crippen molar-refractivity contribution < 1.29 is 0 Å². The Morgan fingerprint density at radius 1 is 1.33 bits per heavy atom. The third kappa shape index (κ3) is 1.74. The van der Waals surface area contributed by atoms with Crippen molar-refractivity contribution in [2.24, 2.45) is 5.92 Å². The molecule has 1 aromatic carbocycles. The Balaban J connectivity index is 2.04. The quantitative estimate of drug-likeness (QED) is 0.754. The lowest BCUT2D eigenvalue weighted by atomic mass is 9.63. The Morgan fingerprint density at radius 2 is 2.17 bits per heavy atom. The van der Waals surface area contributed by atoms with E-state index < -0.39 is 0 Å². The molecule has 98 valence electrons. The second-order valence-electron chi connectivity index (χ2n) is 6.30. The predicted octanol–water partition coefficient (Wildman–Crippen LogP) is 3.02. The van der Waals surface area contributed by atoms with Crippen LogP contribution in [-0.2, 0) is 5.41 Å². The molecule has 0 unspecified atom stereocenters. The number of nitrogens with one attached hydrogen (secondary N) is 1. The molecule has 0 saturated carbocycles. The number of hydrogen-bond acceptors (Lipinski definition) is 2. The van der Waals surface area contributed by atoms with Gasteiger partial charge in [0, 0.05) is 24.2 Å². The summed E-state index contributed by atoms with van der Waals surface area (Å²) in [6, 6.07) is 6.97. The van der Waals surface area contributed by atoms with E-state index in [1.807, 2.05) is 0 Å². The van der Waals surface area contributed by atoms with Crippen LogP contribution in [0, 0.1) is 12.8 Å². The summed E-state index contributed by atoms with van der Waals surface area (Å²) >= 11 is 0. The highest BCUT2D eigenvalue weighted by Crippen LogP contribution is 2.47. The third-order valence-electron chi connectivity index (χ3n) is 5.07. The average Bonchev–Trinajstić information content (AvgIpc) is 2.34. The monoisotopic (exact) mass is 244 g/mol. The van der Waals surface area contributed by atoms with Crippen molar-refractivity contribution in [3.8, 4) is 0 Å². The zero-order valence-electron chi connectivity index (χ0n) is 11.8. The first-order chi connectivity index (χ1) is 8.62. The van der Waals surface area contributed by atoms with Crippen LogP contribution in [0.15, 0.2) is 18.2 Å². The van der Waals surface area contributed by atoms with Crippen molar-refractivity contribution in [1.82, 2.24) is 4.90 Å². The van der Waals surface area contributed by atoms with Gasteiger partial charge in [0.05, 0.1) is 0 Å². The van der Waals surface area contributed by atoms with E-state index in [1.54, 1.807) is 5.56 Å². The molecular formula is C16H24N2. The van der Waals surface area contributed by atoms with E-state index in [9.17, 15) is 0 Å². The molecule has 2 heteroatoms. The number of piperidine rings is 1. The maximum atomic E-state index is 3.59. The minimum absolute atomic E-state index is 0.417. The van der Waals surface area contributed by atoms with Crippen LogP contribution in [-0.4, -0.2) is 31.6 Å². The largest absolute Gasteiger partial charge is 0.385 e. The molecule has 0 amide bonds. The van der Waals surface area contributed by atoms with Crippen LogP contribution in [0.3, 0.4) is 0 Å². The van der Waals surface area contributed by atoms with Crippen molar-refractivity contribution in [2.75, 3.05) is 32.0 Å². The van der Waals surface area contributed by atoms with E-state index in [0.29, 0.717) is 5.41 Å². The first-order valence-electron chi connectivity index (χ1n) is 7.15. The highest BCUT2D eigenvalue weighted by Gasteiger charge is 2.43. The highest BCUT2D eigenvalue weighted by molar-refractivity contribution is 5.59.